The maximum absolute atomic E-state index is 3.47. The van der Waals surface area contributed by atoms with E-state index in [0.29, 0.717) is 0 Å². The third-order valence-electron chi connectivity index (χ3n) is 4.12. The number of hydrogen-bond acceptors (Lipinski definition) is 1. The highest BCUT2D eigenvalue weighted by atomic mass is 14.9. The fourth-order valence-electron chi connectivity index (χ4n) is 3.37. The Kier molecular flexibility index (Phi) is 1.18. The fourth-order valence-corrected chi connectivity index (χ4v) is 3.37. The smallest absolute Gasteiger partial charge is 0.00436 e. The van der Waals surface area contributed by atoms with E-state index in [-0.39, 0.29) is 0 Å². The molecule has 11 heavy (non-hydrogen) atoms. The standard InChI is InChI=1S/C10H17N/c1-3-11-4-2-10(1)6-8-5-9(8)7-10/h8-9,11H,1-7H2. The molecule has 1 heterocycles. The van der Waals surface area contributed by atoms with Crippen LogP contribution in [0.3, 0.4) is 0 Å². The average molecular weight is 151 g/mol. The van der Waals surface area contributed by atoms with Crippen molar-refractivity contribution in [2.75, 3.05) is 13.1 Å². The van der Waals surface area contributed by atoms with Crippen LogP contribution in [0.25, 0.3) is 0 Å². The van der Waals surface area contributed by atoms with Gasteiger partial charge in [0.15, 0.2) is 0 Å². The van der Waals surface area contributed by atoms with Crippen molar-refractivity contribution in [3.8, 4) is 0 Å². The predicted octanol–water partition coefficient (Wildman–Crippen LogP) is 1.79. The molecule has 0 amide bonds. The predicted molar refractivity (Wildman–Crippen MR) is 45.4 cm³/mol. The summed E-state index contributed by atoms with van der Waals surface area (Å²) in [6.45, 7) is 2.58. The van der Waals surface area contributed by atoms with Gasteiger partial charge in [0.1, 0.15) is 0 Å². The van der Waals surface area contributed by atoms with Gasteiger partial charge in [-0.3, -0.25) is 0 Å². The first kappa shape index (κ1) is 6.47. The van der Waals surface area contributed by atoms with Gasteiger partial charge in [-0.15, -0.1) is 0 Å². The van der Waals surface area contributed by atoms with Gasteiger partial charge in [0.05, 0.1) is 0 Å². The third-order valence-corrected chi connectivity index (χ3v) is 4.12. The Morgan fingerprint density at radius 1 is 1.00 bits per heavy atom. The number of hydrogen-bond donors (Lipinski definition) is 1. The van der Waals surface area contributed by atoms with E-state index in [0.717, 1.165) is 5.41 Å². The Morgan fingerprint density at radius 2 is 1.64 bits per heavy atom. The molecule has 3 rings (SSSR count). The van der Waals surface area contributed by atoms with Gasteiger partial charge in [-0.25, -0.2) is 0 Å². The van der Waals surface area contributed by atoms with Crippen molar-refractivity contribution in [1.29, 1.82) is 0 Å². The second kappa shape index (κ2) is 2.01. The third kappa shape index (κ3) is 0.936. The number of rotatable bonds is 0. The molecule has 2 saturated carbocycles. The van der Waals surface area contributed by atoms with Crippen LogP contribution in [-0.4, -0.2) is 13.1 Å². The Labute approximate surface area is 68.6 Å². The fraction of sp³-hybridized carbons (Fsp3) is 1.00. The van der Waals surface area contributed by atoms with Crippen LogP contribution < -0.4 is 5.32 Å². The van der Waals surface area contributed by atoms with Crippen LogP contribution in [-0.2, 0) is 0 Å². The average Bonchev–Trinajstić information content (AvgIpc) is 2.62. The zero-order valence-electron chi connectivity index (χ0n) is 7.10. The highest BCUT2D eigenvalue weighted by molar-refractivity contribution is 5.04. The van der Waals surface area contributed by atoms with Crippen LogP contribution in [0.15, 0.2) is 0 Å². The van der Waals surface area contributed by atoms with E-state index in [2.05, 4.69) is 5.32 Å². The minimum absolute atomic E-state index is 0.832. The summed E-state index contributed by atoms with van der Waals surface area (Å²) in [5, 5.41) is 3.47. The molecule has 0 radical (unpaired) electrons. The van der Waals surface area contributed by atoms with Gasteiger partial charge in [-0.2, -0.15) is 0 Å². The lowest BCUT2D eigenvalue weighted by molar-refractivity contribution is 0.187. The van der Waals surface area contributed by atoms with Crippen molar-refractivity contribution >= 4 is 0 Å². The number of piperidine rings is 1. The minimum atomic E-state index is 0.832. The Balaban J connectivity index is 1.73. The van der Waals surface area contributed by atoms with Crippen LogP contribution in [0.5, 0.6) is 0 Å². The zero-order valence-corrected chi connectivity index (χ0v) is 7.10. The first-order valence-electron chi connectivity index (χ1n) is 5.09. The summed E-state index contributed by atoms with van der Waals surface area (Å²) in [5.41, 5.74) is 0.832. The molecule has 0 aromatic carbocycles. The molecule has 1 N–H and O–H groups in total. The Bertz CT molecular complexity index is 158. The van der Waals surface area contributed by atoms with Crippen LogP contribution in [0.1, 0.15) is 32.1 Å². The van der Waals surface area contributed by atoms with Crippen LogP contribution in [0.4, 0.5) is 0 Å². The maximum atomic E-state index is 3.47. The molecule has 1 nitrogen and oxygen atoms in total. The molecule has 3 fully saturated rings. The molecular formula is C10H17N. The Morgan fingerprint density at radius 3 is 2.27 bits per heavy atom. The van der Waals surface area contributed by atoms with E-state index in [4.69, 9.17) is 0 Å². The molecule has 3 aliphatic rings. The zero-order chi connectivity index (χ0) is 7.31. The van der Waals surface area contributed by atoms with Crippen molar-refractivity contribution in [2.45, 2.75) is 32.1 Å². The second-order valence-electron chi connectivity index (χ2n) is 4.91. The lowest BCUT2D eigenvalue weighted by Crippen LogP contribution is -2.35. The molecule has 2 atom stereocenters. The van der Waals surface area contributed by atoms with Gasteiger partial charge >= 0.3 is 0 Å². The van der Waals surface area contributed by atoms with Crippen molar-refractivity contribution < 1.29 is 0 Å². The molecule has 1 spiro atoms. The summed E-state index contributed by atoms with van der Waals surface area (Å²) < 4.78 is 0. The first-order valence-corrected chi connectivity index (χ1v) is 5.09. The SMILES string of the molecule is C1CC2(CCN1)CC1CC1C2. The summed E-state index contributed by atoms with van der Waals surface area (Å²) in [7, 11) is 0. The molecule has 62 valence electrons. The molecule has 1 saturated heterocycles. The highest BCUT2D eigenvalue weighted by Gasteiger charge is 2.53. The van der Waals surface area contributed by atoms with Crippen LogP contribution >= 0.6 is 0 Å². The van der Waals surface area contributed by atoms with E-state index >= 15 is 0 Å². The van der Waals surface area contributed by atoms with E-state index in [1.54, 1.807) is 19.3 Å². The highest BCUT2D eigenvalue weighted by Crippen LogP contribution is 2.62. The monoisotopic (exact) mass is 151 g/mol. The lowest BCUT2D eigenvalue weighted by atomic mass is 9.75. The maximum Gasteiger partial charge on any atom is -0.00436 e. The molecule has 1 aliphatic heterocycles. The topological polar surface area (TPSA) is 12.0 Å². The van der Waals surface area contributed by atoms with Gasteiger partial charge in [0.25, 0.3) is 0 Å². The van der Waals surface area contributed by atoms with E-state index in [9.17, 15) is 0 Å². The van der Waals surface area contributed by atoms with Crippen molar-refractivity contribution in [3.63, 3.8) is 0 Å². The quantitative estimate of drug-likeness (QED) is 0.556. The summed E-state index contributed by atoms with van der Waals surface area (Å²) >= 11 is 0. The van der Waals surface area contributed by atoms with Crippen LogP contribution in [0, 0.1) is 17.3 Å². The van der Waals surface area contributed by atoms with Crippen molar-refractivity contribution in [1.82, 2.24) is 5.32 Å². The molecular weight excluding hydrogens is 134 g/mol. The summed E-state index contributed by atoms with van der Waals surface area (Å²) in [6.07, 6.45) is 7.69. The van der Waals surface area contributed by atoms with E-state index < -0.39 is 0 Å². The summed E-state index contributed by atoms with van der Waals surface area (Å²) in [6, 6.07) is 0. The Hall–Kier alpha value is -0.0400. The van der Waals surface area contributed by atoms with Gasteiger partial charge in [-0.1, -0.05) is 0 Å². The molecule has 1 heteroatoms. The normalized spacial score (nSPS) is 45.8. The summed E-state index contributed by atoms with van der Waals surface area (Å²) in [5.74, 6) is 2.35. The molecule has 2 unspecified atom stereocenters. The van der Waals surface area contributed by atoms with Gasteiger partial charge in [-0.05, 0) is 62.4 Å². The van der Waals surface area contributed by atoms with Gasteiger partial charge < -0.3 is 5.32 Å². The van der Waals surface area contributed by atoms with E-state index in [1.807, 2.05) is 0 Å². The van der Waals surface area contributed by atoms with Crippen molar-refractivity contribution in [3.05, 3.63) is 0 Å². The van der Waals surface area contributed by atoms with Crippen LogP contribution in [0.2, 0.25) is 0 Å². The molecule has 0 aromatic heterocycles. The first-order chi connectivity index (χ1) is 5.38. The largest absolute Gasteiger partial charge is 0.317 e. The lowest BCUT2D eigenvalue weighted by Gasteiger charge is -2.35. The summed E-state index contributed by atoms with van der Waals surface area (Å²) in [4.78, 5) is 0. The number of nitrogens with one attached hydrogen (secondary N) is 1. The molecule has 2 aliphatic carbocycles. The molecule has 0 bridgehead atoms. The van der Waals surface area contributed by atoms with E-state index in [1.165, 1.54) is 37.8 Å². The second-order valence-corrected chi connectivity index (χ2v) is 4.91. The van der Waals surface area contributed by atoms with Crippen molar-refractivity contribution in [2.24, 2.45) is 17.3 Å². The van der Waals surface area contributed by atoms with Gasteiger partial charge in [0.2, 0.25) is 0 Å². The number of fused-ring (bicyclic) bond motifs is 1. The molecule has 0 aromatic rings. The minimum Gasteiger partial charge on any atom is -0.317 e. The van der Waals surface area contributed by atoms with Gasteiger partial charge in [0, 0.05) is 0 Å².